The number of ether oxygens (including phenoxy) is 1. The van der Waals surface area contributed by atoms with E-state index >= 15 is 0 Å². The first-order chi connectivity index (χ1) is 8.60. The zero-order valence-electron chi connectivity index (χ0n) is 11.7. The van der Waals surface area contributed by atoms with Crippen molar-refractivity contribution in [3.8, 4) is 5.88 Å². The van der Waals surface area contributed by atoms with Gasteiger partial charge in [-0.2, -0.15) is 4.98 Å². The fraction of sp³-hybridized carbons (Fsp3) is 0.714. The maximum absolute atomic E-state index is 5.18. The summed E-state index contributed by atoms with van der Waals surface area (Å²) in [6.07, 6.45) is 3.85. The van der Waals surface area contributed by atoms with E-state index in [0.717, 1.165) is 17.6 Å². The lowest BCUT2D eigenvalue weighted by Crippen LogP contribution is -2.35. The predicted octanol–water partition coefficient (Wildman–Crippen LogP) is 3.03. The lowest BCUT2D eigenvalue weighted by molar-refractivity contribution is 0.252. The number of rotatable bonds is 3. The molecule has 3 atom stereocenters. The summed E-state index contributed by atoms with van der Waals surface area (Å²) in [6.45, 7) is 6.55. The van der Waals surface area contributed by atoms with Crippen LogP contribution in [0.3, 0.4) is 0 Å². The van der Waals surface area contributed by atoms with Crippen LogP contribution in [0.4, 0.5) is 5.82 Å². The number of methoxy groups -OCH3 is 1. The number of anilines is 1. The van der Waals surface area contributed by atoms with Gasteiger partial charge in [0.1, 0.15) is 11.6 Å². The highest BCUT2D eigenvalue weighted by molar-refractivity contribution is 5.39. The van der Waals surface area contributed by atoms with Gasteiger partial charge in [0, 0.05) is 12.1 Å². The van der Waals surface area contributed by atoms with Crippen molar-refractivity contribution in [2.45, 2.75) is 46.1 Å². The number of hydrogen-bond donors (Lipinski definition) is 1. The van der Waals surface area contributed by atoms with Crippen LogP contribution >= 0.6 is 0 Å². The van der Waals surface area contributed by atoms with Crippen molar-refractivity contribution >= 4 is 5.82 Å². The summed E-state index contributed by atoms with van der Waals surface area (Å²) in [5.41, 5.74) is 0. The van der Waals surface area contributed by atoms with Crippen LogP contribution in [0.5, 0.6) is 5.88 Å². The molecular formula is C14H23N3O. The van der Waals surface area contributed by atoms with E-state index in [9.17, 15) is 0 Å². The summed E-state index contributed by atoms with van der Waals surface area (Å²) in [5.74, 6) is 3.71. The Balaban J connectivity index is 2.10. The second-order valence-electron chi connectivity index (χ2n) is 5.36. The Morgan fingerprint density at radius 2 is 2.06 bits per heavy atom. The fourth-order valence-electron chi connectivity index (χ4n) is 2.69. The molecule has 18 heavy (non-hydrogen) atoms. The summed E-state index contributed by atoms with van der Waals surface area (Å²) >= 11 is 0. The lowest BCUT2D eigenvalue weighted by Gasteiger charge is -2.34. The average Bonchev–Trinajstić information content (AvgIpc) is 2.34. The number of nitrogens with zero attached hydrogens (tertiary/aromatic N) is 2. The van der Waals surface area contributed by atoms with Crippen LogP contribution in [0.2, 0.25) is 0 Å². The molecule has 1 heterocycles. The minimum atomic E-state index is 0.507. The molecule has 0 bridgehead atoms. The molecule has 2 rings (SSSR count). The summed E-state index contributed by atoms with van der Waals surface area (Å²) in [5, 5.41) is 3.55. The third-order valence-corrected chi connectivity index (χ3v) is 4.06. The standard InChI is InChI=1S/C14H23N3O/c1-9-6-5-7-12(10(9)2)17-13-8-14(18-4)16-11(3)15-13/h8-10,12H,5-7H2,1-4H3,(H,15,16,17). The monoisotopic (exact) mass is 249 g/mol. The van der Waals surface area contributed by atoms with Gasteiger partial charge in [0.25, 0.3) is 0 Å². The minimum Gasteiger partial charge on any atom is -0.481 e. The molecule has 0 amide bonds. The molecule has 0 saturated heterocycles. The summed E-state index contributed by atoms with van der Waals surface area (Å²) in [4.78, 5) is 8.64. The number of nitrogens with one attached hydrogen (secondary N) is 1. The molecule has 1 aromatic heterocycles. The maximum Gasteiger partial charge on any atom is 0.218 e. The molecule has 4 nitrogen and oxygen atoms in total. The molecule has 1 fully saturated rings. The molecule has 0 spiro atoms. The quantitative estimate of drug-likeness (QED) is 0.894. The predicted molar refractivity (Wildman–Crippen MR) is 72.9 cm³/mol. The molecule has 1 aromatic rings. The van der Waals surface area contributed by atoms with E-state index in [1.807, 2.05) is 13.0 Å². The van der Waals surface area contributed by atoms with Crippen molar-refractivity contribution in [1.82, 2.24) is 9.97 Å². The molecule has 0 aliphatic heterocycles. The molecule has 100 valence electrons. The Hall–Kier alpha value is -1.32. The maximum atomic E-state index is 5.18. The van der Waals surface area contributed by atoms with Crippen LogP contribution in [-0.4, -0.2) is 23.1 Å². The molecule has 1 saturated carbocycles. The molecular weight excluding hydrogens is 226 g/mol. The Morgan fingerprint density at radius 3 is 2.78 bits per heavy atom. The second kappa shape index (κ2) is 5.55. The summed E-state index contributed by atoms with van der Waals surface area (Å²) < 4.78 is 5.18. The first-order valence-electron chi connectivity index (χ1n) is 6.76. The second-order valence-corrected chi connectivity index (χ2v) is 5.36. The number of aryl methyl sites for hydroxylation is 1. The van der Waals surface area contributed by atoms with Crippen LogP contribution in [0.25, 0.3) is 0 Å². The van der Waals surface area contributed by atoms with Crippen LogP contribution < -0.4 is 10.1 Å². The van der Waals surface area contributed by atoms with E-state index in [1.165, 1.54) is 19.3 Å². The smallest absolute Gasteiger partial charge is 0.218 e. The third kappa shape index (κ3) is 2.92. The molecule has 3 unspecified atom stereocenters. The van der Waals surface area contributed by atoms with Crippen LogP contribution in [0.1, 0.15) is 38.9 Å². The van der Waals surface area contributed by atoms with E-state index < -0.39 is 0 Å². The number of aromatic nitrogens is 2. The van der Waals surface area contributed by atoms with Gasteiger partial charge in [0.15, 0.2) is 0 Å². The first kappa shape index (κ1) is 13.1. The number of hydrogen-bond acceptors (Lipinski definition) is 4. The largest absolute Gasteiger partial charge is 0.481 e. The van der Waals surface area contributed by atoms with E-state index in [0.29, 0.717) is 17.8 Å². The van der Waals surface area contributed by atoms with Crippen molar-refractivity contribution in [2.24, 2.45) is 11.8 Å². The van der Waals surface area contributed by atoms with Crippen molar-refractivity contribution in [1.29, 1.82) is 0 Å². The van der Waals surface area contributed by atoms with Gasteiger partial charge in [-0.1, -0.05) is 26.7 Å². The van der Waals surface area contributed by atoms with Gasteiger partial charge in [-0.05, 0) is 25.2 Å². The van der Waals surface area contributed by atoms with Gasteiger partial charge < -0.3 is 10.1 Å². The zero-order chi connectivity index (χ0) is 13.1. The van der Waals surface area contributed by atoms with Gasteiger partial charge in [-0.25, -0.2) is 4.98 Å². The van der Waals surface area contributed by atoms with E-state index in [-0.39, 0.29) is 0 Å². The summed E-state index contributed by atoms with van der Waals surface area (Å²) in [7, 11) is 1.64. The highest BCUT2D eigenvalue weighted by atomic mass is 16.5. The SMILES string of the molecule is COc1cc(NC2CCCC(C)C2C)nc(C)n1. The van der Waals surface area contributed by atoms with Crippen LogP contribution in [0, 0.1) is 18.8 Å². The van der Waals surface area contributed by atoms with Crippen molar-refractivity contribution < 1.29 is 4.74 Å². The third-order valence-electron chi connectivity index (χ3n) is 4.06. The molecule has 1 aliphatic carbocycles. The molecule has 1 N–H and O–H groups in total. The molecule has 0 radical (unpaired) electrons. The first-order valence-corrected chi connectivity index (χ1v) is 6.76. The lowest BCUT2D eigenvalue weighted by atomic mass is 9.78. The minimum absolute atomic E-state index is 0.507. The van der Waals surface area contributed by atoms with Gasteiger partial charge in [-0.3, -0.25) is 0 Å². The normalized spacial score (nSPS) is 27.9. The van der Waals surface area contributed by atoms with Crippen molar-refractivity contribution in [3.05, 3.63) is 11.9 Å². The Bertz CT molecular complexity index is 408. The Labute approximate surface area is 109 Å². The Morgan fingerprint density at radius 1 is 1.28 bits per heavy atom. The van der Waals surface area contributed by atoms with Crippen LogP contribution in [0.15, 0.2) is 6.07 Å². The van der Waals surface area contributed by atoms with Gasteiger partial charge in [0.05, 0.1) is 7.11 Å². The van der Waals surface area contributed by atoms with Crippen molar-refractivity contribution in [3.63, 3.8) is 0 Å². The van der Waals surface area contributed by atoms with E-state index in [1.54, 1.807) is 7.11 Å². The van der Waals surface area contributed by atoms with Gasteiger partial charge >= 0.3 is 0 Å². The fourth-order valence-corrected chi connectivity index (χ4v) is 2.69. The van der Waals surface area contributed by atoms with Gasteiger partial charge in [-0.15, -0.1) is 0 Å². The van der Waals surface area contributed by atoms with E-state index in [4.69, 9.17) is 4.74 Å². The summed E-state index contributed by atoms with van der Waals surface area (Å²) in [6, 6.07) is 2.38. The molecule has 0 aromatic carbocycles. The zero-order valence-corrected chi connectivity index (χ0v) is 11.7. The van der Waals surface area contributed by atoms with E-state index in [2.05, 4.69) is 29.1 Å². The highest BCUT2D eigenvalue weighted by Gasteiger charge is 2.27. The molecule has 1 aliphatic rings. The average molecular weight is 249 g/mol. The topological polar surface area (TPSA) is 47.0 Å². The Kier molecular flexibility index (Phi) is 4.04. The molecule has 4 heteroatoms. The van der Waals surface area contributed by atoms with Gasteiger partial charge in [0.2, 0.25) is 5.88 Å². The van der Waals surface area contributed by atoms with Crippen LogP contribution in [-0.2, 0) is 0 Å². The van der Waals surface area contributed by atoms with Crippen molar-refractivity contribution in [2.75, 3.05) is 12.4 Å². The highest BCUT2D eigenvalue weighted by Crippen LogP contribution is 2.31.